The Hall–Kier alpha value is -2.71. The molecule has 0 radical (unpaired) electrons. The van der Waals surface area contributed by atoms with Gasteiger partial charge in [0, 0.05) is 17.3 Å². The number of benzene rings is 2. The molecule has 0 spiro atoms. The minimum atomic E-state index is -3.72. The second-order valence-corrected chi connectivity index (χ2v) is 8.52. The van der Waals surface area contributed by atoms with Gasteiger partial charge in [-0.15, -0.1) is 0 Å². The second-order valence-electron chi connectivity index (χ2n) is 6.81. The Morgan fingerprint density at radius 1 is 0.929 bits per heavy atom. The van der Waals surface area contributed by atoms with E-state index in [2.05, 4.69) is 10.0 Å². The van der Waals surface area contributed by atoms with Gasteiger partial charge in [0.15, 0.2) is 0 Å². The number of rotatable bonds is 6. The highest BCUT2D eigenvalue weighted by molar-refractivity contribution is 7.89. The van der Waals surface area contributed by atoms with Crippen molar-refractivity contribution in [3.8, 4) is 0 Å². The molecule has 1 aliphatic carbocycles. The normalized spacial score (nSPS) is 15.1. The third-order valence-electron chi connectivity index (χ3n) is 4.69. The highest BCUT2D eigenvalue weighted by Crippen LogP contribution is 2.21. The van der Waals surface area contributed by atoms with Crippen molar-refractivity contribution in [2.45, 2.75) is 43.0 Å². The largest absolute Gasteiger partial charge is 0.545 e. The first kappa shape index (κ1) is 20.0. The fraction of sp³-hybridized carbons (Fsp3) is 0.300. The number of carboxylic acids is 1. The van der Waals surface area contributed by atoms with Gasteiger partial charge < -0.3 is 15.2 Å². The topological polar surface area (TPSA) is 115 Å². The minimum Gasteiger partial charge on any atom is -0.545 e. The summed E-state index contributed by atoms with van der Waals surface area (Å²) in [6, 6.07) is 11.3. The molecule has 1 saturated carbocycles. The molecule has 1 aliphatic rings. The van der Waals surface area contributed by atoms with Gasteiger partial charge in [-0.25, -0.2) is 13.1 Å². The number of sulfonamides is 1. The lowest BCUT2D eigenvalue weighted by atomic mass is 9.96. The van der Waals surface area contributed by atoms with Gasteiger partial charge in [-0.2, -0.15) is 0 Å². The standard InChI is InChI=1S/C20H22N2O5S/c23-19(21-17-10-4-7-15(12-17)20(24)25)14-6-5-11-18(13-14)28(26,27)22-16-8-2-1-3-9-16/h4-7,10-13,16,22H,1-3,8-9H2,(H,21,23)(H,24,25)/p-1. The van der Waals surface area contributed by atoms with E-state index in [4.69, 9.17) is 0 Å². The van der Waals surface area contributed by atoms with Gasteiger partial charge in [0.25, 0.3) is 5.91 Å². The van der Waals surface area contributed by atoms with E-state index in [1.54, 1.807) is 0 Å². The van der Waals surface area contributed by atoms with Gasteiger partial charge in [0.1, 0.15) is 0 Å². The van der Waals surface area contributed by atoms with E-state index in [-0.39, 0.29) is 27.8 Å². The summed E-state index contributed by atoms with van der Waals surface area (Å²) < 4.78 is 28.0. The molecule has 0 aromatic heterocycles. The lowest BCUT2D eigenvalue weighted by Gasteiger charge is -2.22. The molecule has 1 amide bonds. The molecule has 2 N–H and O–H groups in total. The van der Waals surface area contributed by atoms with Crippen LogP contribution in [0, 0.1) is 0 Å². The molecule has 0 saturated heterocycles. The van der Waals surface area contributed by atoms with Crippen molar-refractivity contribution in [1.29, 1.82) is 0 Å². The molecule has 1 fully saturated rings. The van der Waals surface area contributed by atoms with E-state index in [1.165, 1.54) is 48.5 Å². The molecule has 0 heterocycles. The van der Waals surface area contributed by atoms with E-state index in [0.29, 0.717) is 0 Å². The Labute approximate surface area is 163 Å². The summed E-state index contributed by atoms with van der Waals surface area (Å²) in [5, 5.41) is 13.5. The van der Waals surface area contributed by atoms with E-state index in [9.17, 15) is 23.1 Å². The van der Waals surface area contributed by atoms with Crippen LogP contribution in [0.1, 0.15) is 52.8 Å². The quantitative estimate of drug-likeness (QED) is 0.767. The van der Waals surface area contributed by atoms with Crippen LogP contribution in [0.15, 0.2) is 53.4 Å². The smallest absolute Gasteiger partial charge is 0.255 e. The van der Waals surface area contributed by atoms with Gasteiger partial charge in [0.05, 0.1) is 10.9 Å². The molecule has 2 aromatic carbocycles. The molecule has 0 aliphatic heterocycles. The molecule has 7 nitrogen and oxygen atoms in total. The van der Waals surface area contributed by atoms with Crippen molar-refractivity contribution in [3.63, 3.8) is 0 Å². The van der Waals surface area contributed by atoms with Gasteiger partial charge in [-0.1, -0.05) is 37.5 Å². The van der Waals surface area contributed by atoms with Gasteiger partial charge >= 0.3 is 0 Å². The molecular formula is C20H21N2O5S-. The monoisotopic (exact) mass is 401 g/mol. The number of carboxylic acid groups (broad SMARTS) is 1. The maximum Gasteiger partial charge on any atom is 0.255 e. The Morgan fingerprint density at radius 3 is 2.32 bits per heavy atom. The highest BCUT2D eigenvalue weighted by Gasteiger charge is 2.22. The van der Waals surface area contributed by atoms with Gasteiger partial charge in [0.2, 0.25) is 10.0 Å². The fourth-order valence-corrected chi connectivity index (χ4v) is 4.59. The van der Waals surface area contributed by atoms with Crippen LogP contribution in [0.4, 0.5) is 5.69 Å². The van der Waals surface area contributed by atoms with Gasteiger partial charge in [-0.05, 0) is 48.7 Å². The molecule has 0 atom stereocenters. The molecule has 2 aromatic rings. The Morgan fingerprint density at radius 2 is 1.61 bits per heavy atom. The van der Waals surface area contributed by atoms with Crippen LogP contribution in [0.2, 0.25) is 0 Å². The molecule has 148 valence electrons. The van der Waals surface area contributed by atoms with E-state index >= 15 is 0 Å². The van der Waals surface area contributed by atoms with E-state index < -0.39 is 21.9 Å². The first-order valence-electron chi connectivity index (χ1n) is 9.10. The summed E-state index contributed by atoms with van der Waals surface area (Å²) in [5.74, 6) is -1.89. The number of carbonyl (C=O) groups is 2. The third kappa shape index (κ3) is 4.96. The zero-order valence-electron chi connectivity index (χ0n) is 15.2. The van der Waals surface area contributed by atoms with Crippen molar-refractivity contribution in [2.75, 3.05) is 5.32 Å². The van der Waals surface area contributed by atoms with Crippen molar-refractivity contribution < 1.29 is 23.1 Å². The summed E-state index contributed by atoms with van der Waals surface area (Å²) in [7, 11) is -3.72. The third-order valence-corrected chi connectivity index (χ3v) is 6.21. The van der Waals surface area contributed by atoms with Gasteiger partial charge in [-0.3, -0.25) is 4.79 Å². The van der Waals surface area contributed by atoms with Crippen molar-refractivity contribution in [1.82, 2.24) is 4.72 Å². The number of amides is 1. The lowest BCUT2D eigenvalue weighted by molar-refractivity contribution is -0.255. The molecule has 28 heavy (non-hydrogen) atoms. The van der Waals surface area contributed by atoms with Crippen LogP contribution >= 0.6 is 0 Å². The summed E-state index contributed by atoms with van der Waals surface area (Å²) in [6.45, 7) is 0. The first-order valence-corrected chi connectivity index (χ1v) is 10.6. The number of aromatic carboxylic acids is 1. The summed E-state index contributed by atoms with van der Waals surface area (Å²) in [6.07, 6.45) is 4.75. The maximum atomic E-state index is 12.6. The Bertz CT molecular complexity index is 982. The lowest BCUT2D eigenvalue weighted by Crippen LogP contribution is -2.36. The zero-order chi connectivity index (χ0) is 20.1. The molecule has 3 rings (SSSR count). The predicted octanol–water partition coefficient (Wildman–Crippen LogP) is 1.91. The average molecular weight is 401 g/mol. The van der Waals surface area contributed by atoms with E-state index in [0.717, 1.165) is 32.1 Å². The first-order chi connectivity index (χ1) is 13.3. The summed E-state index contributed by atoms with van der Waals surface area (Å²) >= 11 is 0. The number of hydrogen-bond donors (Lipinski definition) is 2. The van der Waals surface area contributed by atoms with Crippen molar-refractivity contribution in [2.24, 2.45) is 0 Å². The molecule has 0 unspecified atom stereocenters. The second kappa shape index (κ2) is 8.53. The Kier molecular flexibility index (Phi) is 6.11. The van der Waals surface area contributed by atoms with Crippen LogP contribution in [0.3, 0.4) is 0 Å². The number of hydrogen-bond acceptors (Lipinski definition) is 5. The van der Waals surface area contributed by atoms with Crippen molar-refractivity contribution in [3.05, 3.63) is 59.7 Å². The van der Waals surface area contributed by atoms with Crippen LogP contribution in [0.5, 0.6) is 0 Å². The number of anilines is 1. The molecule has 8 heteroatoms. The predicted molar refractivity (Wildman–Crippen MR) is 102 cm³/mol. The Balaban J connectivity index is 1.75. The summed E-state index contributed by atoms with van der Waals surface area (Å²) in [4.78, 5) is 23.4. The number of nitrogens with one attached hydrogen (secondary N) is 2. The van der Waals surface area contributed by atoms with Crippen LogP contribution in [0.25, 0.3) is 0 Å². The number of carbonyl (C=O) groups excluding carboxylic acids is 2. The van der Waals surface area contributed by atoms with Crippen LogP contribution in [-0.4, -0.2) is 26.3 Å². The fourth-order valence-electron chi connectivity index (χ4n) is 3.24. The summed E-state index contributed by atoms with van der Waals surface area (Å²) in [5.41, 5.74) is 0.372. The maximum absolute atomic E-state index is 12.6. The zero-order valence-corrected chi connectivity index (χ0v) is 16.0. The van der Waals surface area contributed by atoms with Crippen LogP contribution < -0.4 is 15.1 Å². The molecular weight excluding hydrogens is 380 g/mol. The van der Waals surface area contributed by atoms with E-state index in [1.807, 2.05) is 0 Å². The molecule has 0 bridgehead atoms. The average Bonchev–Trinajstić information content (AvgIpc) is 2.68. The van der Waals surface area contributed by atoms with Crippen molar-refractivity contribution >= 4 is 27.6 Å². The highest BCUT2D eigenvalue weighted by atomic mass is 32.2. The SMILES string of the molecule is O=C([O-])c1cccc(NC(=O)c2cccc(S(=O)(=O)NC3CCCCC3)c2)c1. The van der Waals surface area contributed by atoms with Crippen LogP contribution in [-0.2, 0) is 10.0 Å². The minimum absolute atomic E-state index is 0.0224.